The van der Waals surface area contributed by atoms with Crippen LogP contribution in [0, 0.1) is 5.92 Å². The molecule has 0 aliphatic heterocycles. The Morgan fingerprint density at radius 2 is 2.14 bits per heavy atom. The molecule has 0 aromatic carbocycles. The molecule has 0 radical (unpaired) electrons. The molecule has 21 heavy (non-hydrogen) atoms. The van der Waals surface area contributed by atoms with Gasteiger partial charge in [0.2, 0.25) is 0 Å². The van der Waals surface area contributed by atoms with E-state index in [1.165, 1.54) is 13.3 Å². The maximum Gasteiger partial charge on any atom is 0.307 e. The fourth-order valence-corrected chi connectivity index (χ4v) is 2.30. The summed E-state index contributed by atoms with van der Waals surface area (Å²) in [5, 5.41) is 0.148. The minimum atomic E-state index is -0.352. The van der Waals surface area contributed by atoms with E-state index in [-0.39, 0.29) is 35.9 Å². The second-order valence-corrected chi connectivity index (χ2v) is 6.24. The first-order valence-electron chi connectivity index (χ1n) is 6.52. The summed E-state index contributed by atoms with van der Waals surface area (Å²) in [7, 11) is 1.33. The average molecular weight is 378 g/mol. The van der Waals surface area contributed by atoms with Gasteiger partial charge >= 0.3 is 5.97 Å². The molecule has 0 N–H and O–H groups in total. The SMILES string of the molecule is COC(=O)CCN(CC(C)C)C(=O)c1cc(Br)cnc1Cl. The fraction of sp³-hybridized carbons (Fsp3) is 0.500. The number of methoxy groups -OCH3 is 1. The number of ether oxygens (including phenoxy) is 1. The van der Waals surface area contributed by atoms with E-state index >= 15 is 0 Å². The molecule has 0 aliphatic carbocycles. The number of nitrogens with zero attached hydrogens (tertiary/aromatic N) is 2. The van der Waals surface area contributed by atoms with Crippen LogP contribution in [0.4, 0.5) is 0 Å². The van der Waals surface area contributed by atoms with Gasteiger partial charge in [0.15, 0.2) is 0 Å². The number of carbonyl (C=O) groups excluding carboxylic acids is 2. The zero-order valence-corrected chi connectivity index (χ0v) is 14.6. The lowest BCUT2D eigenvalue weighted by atomic mass is 10.1. The number of esters is 1. The third-order valence-corrected chi connectivity index (χ3v) is 3.46. The Morgan fingerprint density at radius 3 is 2.71 bits per heavy atom. The lowest BCUT2D eigenvalue weighted by molar-refractivity contribution is -0.140. The van der Waals surface area contributed by atoms with Gasteiger partial charge in [-0.1, -0.05) is 25.4 Å². The van der Waals surface area contributed by atoms with Gasteiger partial charge in [0.25, 0.3) is 5.91 Å². The first kappa shape index (κ1) is 17.9. The van der Waals surface area contributed by atoms with Crippen LogP contribution in [-0.2, 0) is 9.53 Å². The summed E-state index contributed by atoms with van der Waals surface area (Å²) < 4.78 is 5.28. The molecular weight excluding hydrogens is 360 g/mol. The number of rotatable bonds is 6. The molecule has 0 spiro atoms. The maximum atomic E-state index is 12.6. The van der Waals surface area contributed by atoms with Crippen molar-refractivity contribution < 1.29 is 14.3 Å². The Labute approximate surface area is 137 Å². The van der Waals surface area contributed by atoms with Crippen molar-refractivity contribution in [1.29, 1.82) is 0 Å². The predicted octanol–water partition coefficient (Wildman–Crippen LogP) is 3.16. The average Bonchev–Trinajstić information content (AvgIpc) is 2.44. The Bertz CT molecular complexity index is 523. The molecule has 116 valence electrons. The van der Waals surface area contributed by atoms with Crippen molar-refractivity contribution in [2.75, 3.05) is 20.2 Å². The second-order valence-electron chi connectivity index (χ2n) is 4.96. The van der Waals surface area contributed by atoms with Crippen LogP contribution in [0.5, 0.6) is 0 Å². The minimum Gasteiger partial charge on any atom is -0.469 e. The van der Waals surface area contributed by atoms with E-state index in [1.54, 1.807) is 11.0 Å². The first-order chi connectivity index (χ1) is 9.85. The van der Waals surface area contributed by atoms with Crippen molar-refractivity contribution in [2.24, 2.45) is 5.92 Å². The smallest absolute Gasteiger partial charge is 0.307 e. The van der Waals surface area contributed by atoms with Gasteiger partial charge in [0.1, 0.15) is 5.15 Å². The number of halogens is 2. The Balaban J connectivity index is 2.93. The van der Waals surface area contributed by atoms with Crippen LogP contribution < -0.4 is 0 Å². The van der Waals surface area contributed by atoms with Crippen LogP contribution in [0.1, 0.15) is 30.6 Å². The van der Waals surface area contributed by atoms with Crippen molar-refractivity contribution in [2.45, 2.75) is 20.3 Å². The highest BCUT2D eigenvalue weighted by atomic mass is 79.9. The molecule has 0 fully saturated rings. The monoisotopic (exact) mass is 376 g/mol. The van der Waals surface area contributed by atoms with Crippen LogP contribution in [0.15, 0.2) is 16.7 Å². The van der Waals surface area contributed by atoms with E-state index in [0.29, 0.717) is 16.6 Å². The van der Waals surface area contributed by atoms with Gasteiger partial charge in [-0.3, -0.25) is 9.59 Å². The van der Waals surface area contributed by atoms with Crippen molar-refractivity contribution in [3.05, 3.63) is 27.5 Å². The summed E-state index contributed by atoms with van der Waals surface area (Å²) in [6, 6.07) is 1.63. The molecule has 1 heterocycles. The standard InChI is InChI=1S/C14H18BrClN2O3/c1-9(2)8-18(5-4-12(19)21-3)14(20)11-6-10(15)7-17-13(11)16/h6-7,9H,4-5,8H2,1-3H3. The number of hydrogen-bond donors (Lipinski definition) is 0. The van der Waals surface area contributed by atoms with Crippen molar-refractivity contribution >= 4 is 39.4 Å². The Hall–Kier alpha value is -1.14. The summed E-state index contributed by atoms with van der Waals surface area (Å²) in [6.07, 6.45) is 1.67. The van der Waals surface area contributed by atoms with Crippen LogP contribution in [0.25, 0.3) is 0 Å². The molecule has 1 aromatic heterocycles. The van der Waals surface area contributed by atoms with E-state index in [2.05, 4.69) is 25.7 Å². The van der Waals surface area contributed by atoms with Gasteiger partial charge in [0, 0.05) is 23.8 Å². The van der Waals surface area contributed by atoms with Crippen LogP contribution >= 0.6 is 27.5 Å². The number of carbonyl (C=O) groups is 2. The molecule has 0 bridgehead atoms. The lowest BCUT2D eigenvalue weighted by Gasteiger charge is -2.24. The molecule has 7 heteroatoms. The largest absolute Gasteiger partial charge is 0.469 e. The zero-order valence-electron chi connectivity index (χ0n) is 12.2. The van der Waals surface area contributed by atoms with Gasteiger partial charge < -0.3 is 9.64 Å². The van der Waals surface area contributed by atoms with E-state index in [9.17, 15) is 9.59 Å². The zero-order chi connectivity index (χ0) is 16.0. The van der Waals surface area contributed by atoms with Crippen molar-refractivity contribution in [3.8, 4) is 0 Å². The number of pyridine rings is 1. The summed E-state index contributed by atoms with van der Waals surface area (Å²) >= 11 is 9.26. The van der Waals surface area contributed by atoms with Crippen LogP contribution in [0.3, 0.4) is 0 Å². The molecule has 0 unspecified atom stereocenters. The van der Waals surface area contributed by atoms with Gasteiger partial charge in [0.05, 0.1) is 19.1 Å². The summed E-state index contributed by atoms with van der Waals surface area (Å²) in [6.45, 7) is 4.81. The van der Waals surface area contributed by atoms with E-state index < -0.39 is 0 Å². The summed E-state index contributed by atoms with van der Waals surface area (Å²) in [4.78, 5) is 29.4. The molecule has 1 aromatic rings. The molecule has 0 aliphatic rings. The van der Waals surface area contributed by atoms with E-state index in [4.69, 9.17) is 11.6 Å². The second kappa shape index (κ2) is 8.34. The van der Waals surface area contributed by atoms with Crippen molar-refractivity contribution in [1.82, 2.24) is 9.88 Å². The van der Waals surface area contributed by atoms with Gasteiger partial charge in [-0.05, 0) is 27.9 Å². The maximum absolute atomic E-state index is 12.6. The number of hydrogen-bond acceptors (Lipinski definition) is 4. The van der Waals surface area contributed by atoms with E-state index in [1.807, 2.05) is 13.8 Å². The van der Waals surface area contributed by atoms with Crippen molar-refractivity contribution in [3.63, 3.8) is 0 Å². The fourth-order valence-electron chi connectivity index (χ4n) is 1.79. The molecule has 0 atom stereocenters. The third kappa shape index (κ3) is 5.63. The molecule has 1 amide bonds. The minimum absolute atomic E-state index is 0.147. The van der Waals surface area contributed by atoms with Gasteiger partial charge in [-0.15, -0.1) is 0 Å². The third-order valence-electron chi connectivity index (χ3n) is 2.72. The van der Waals surface area contributed by atoms with E-state index in [0.717, 1.165) is 0 Å². The highest BCUT2D eigenvalue weighted by Crippen LogP contribution is 2.20. The lowest BCUT2D eigenvalue weighted by Crippen LogP contribution is -2.36. The molecule has 1 rings (SSSR count). The van der Waals surface area contributed by atoms with Crippen LogP contribution in [-0.4, -0.2) is 42.0 Å². The highest BCUT2D eigenvalue weighted by Gasteiger charge is 2.21. The van der Waals surface area contributed by atoms with Gasteiger partial charge in [-0.2, -0.15) is 0 Å². The topological polar surface area (TPSA) is 59.5 Å². The Kier molecular flexibility index (Phi) is 7.11. The highest BCUT2D eigenvalue weighted by molar-refractivity contribution is 9.10. The summed E-state index contributed by atoms with van der Waals surface area (Å²) in [5.74, 6) is -0.327. The molecular formula is C14H18BrClN2O3. The normalized spacial score (nSPS) is 10.6. The Morgan fingerprint density at radius 1 is 1.48 bits per heavy atom. The number of amides is 1. The summed E-state index contributed by atoms with van der Waals surface area (Å²) in [5.41, 5.74) is 0.316. The quantitative estimate of drug-likeness (QED) is 0.564. The molecule has 0 saturated heterocycles. The molecule has 5 nitrogen and oxygen atoms in total. The molecule has 0 saturated carbocycles. The number of aromatic nitrogens is 1. The first-order valence-corrected chi connectivity index (χ1v) is 7.69. The predicted molar refractivity (Wildman–Crippen MR) is 84.3 cm³/mol. The van der Waals surface area contributed by atoms with Crippen LogP contribution in [0.2, 0.25) is 5.15 Å². The van der Waals surface area contributed by atoms with Gasteiger partial charge in [-0.25, -0.2) is 4.98 Å².